The number of rotatable bonds is 9. The third kappa shape index (κ3) is 6.58. The molecule has 1 aromatic rings. The number of methoxy groups -OCH3 is 1. The summed E-state index contributed by atoms with van der Waals surface area (Å²) in [7, 11) is 1.63. The highest BCUT2D eigenvalue weighted by Crippen LogP contribution is 2.54. The third-order valence-corrected chi connectivity index (χ3v) is 8.47. The first-order valence-electron chi connectivity index (χ1n) is 10.8. The van der Waals surface area contributed by atoms with Gasteiger partial charge in [-0.2, -0.15) is 0 Å². The standard InChI is InChI=1S/C24H35BrO4S.BrH/c1-16(2)5-10-20-23(3,29-20)22-21(28-4)19(26)11-13-24(22,27)15-30-14-12-17-6-8-18(25)9-7-17;/h5-9,19-22,26-27H,10-15H2,1-4H3;1H. The van der Waals surface area contributed by atoms with Gasteiger partial charge in [0.2, 0.25) is 0 Å². The first-order chi connectivity index (χ1) is 14.2. The number of hydrogen-bond acceptors (Lipinski definition) is 4. The lowest BCUT2D eigenvalue weighted by molar-refractivity contribution is -0.169. The van der Waals surface area contributed by atoms with Crippen molar-refractivity contribution < 1.29 is 36.7 Å². The summed E-state index contributed by atoms with van der Waals surface area (Å²) in [5.74, 6) is 1.43. The Hall–Kier alpha value is 0.110. The van der Waals surface area contributed by atoms with Gasteiger partial charge in [0.05, 0.1) is 24.2 Å². The fourth-order valence-corrected chi connectivity index (χ4v) is 6.46. The molecule has 1 aliphatic carbocycles. The van der Waals surface area contributed by atoms with Gasteiger partial charge in [-0.25, -0.2) is 0 Å². The van der Waals surface area contributed by atoms with Crippen LogP contribution in [0.1, 0.15) is 45.6 Å². The van der Waals surface area contributed by atoms with E-state index in [4.69, 9.17) is 9.47 Å². The SMILES string of the molecule is COC1C(O)CCC(O)(C[SH+]CCc2ccc(Br)cc2)C1C1(C)OC1CC=C(C)C.[Br-]. The Morgan fingerprint density at radius 3 is 2.61 bits per heavy atom. The Balaban J connectivity index is 0.00000341. The lowest BCUT2D eigenvalue weighted by Gasteiger charge is -2.46. The zero-order valence-corrected chi connectivity index (χ0v) is 22.9. The molecule has 0 spiro atoms. The number of ether oxygens (including phenoxy) is 2. The Labute approximate surface area is 210 Å². The second-order valence-corrected chi connectivity index (χ2v) is 11.3. The average Bonchev–Trinajstić information content (AvgIpc) is 3.37. The van der Waals surface area contributed by atoms with Crippen molar-refractivity contribution >= 4 is 27.7 Å². The van der Waals surface area contributed by atoms with Gasteiger partial charge in [0.1, 0.15) is 22.7 Å². The van der Waals surface area contributed by atoms with E-state index in [2.05, 4.69) is 67.0 Å². The van der Waals surface area contributed by atoms with E-state index in [-0.39, 0.29) is 29.0 Å². The molecule has 1 saturated carbocycles. The number of allylic oxidation sites excluding steroid dienone is 1. The number of aliphatic hydroxyl groups is 2. The second kappa shape index (κ2) is 11.5. The van der Waals surface area contributed by atoms with E-state index in [1.165, 1.54) is 22.9 Å². The van der Waals surface area contributed by atoms with Crippen molar-refractivity contribution in [2.24, 2.45) is 5.92 Å². The lowest BCUT2D eigenvalue weighted by Crippen LogP contribution is -3.00. The highest BCUT2D eigenvalue weighted by atomic mass is 79.9. The number of thiol groups is 1. The molecule has 1 aliphatic heterocycles. The van der Waals surface area contributed by atoms with Crippen molar-refractivity contribution in [1.82, 2.24) is 0 Å². The molecule has 4 nitrogen and oxygen atoms in total. The van der Waals surface area contributed by atoms with Crippen LogP contribution in [0, 0.1) is 5.92 Å². The van der Waals surface area contributed by atoms with E-state index < -0.39 is 23.4 Å². The number of halogens is 2. The van der Waals surface area contributed by atoms with Gasteiger partial charge in [0, 0.05) is 18.0 Å². The third-order valence-electron chi connectivity index (χ3n) is 6.63. The maximum atomic E-state index is 11.8. The summed E-state index contributed by atoms with van der Waals surface area (Å²) in [5.41, 5.74) is 1.21. The van der Waals surface area contributed by atoms with Gasteiger partial charge in [0.25, 0.3) is 0 Å². The normalized spacial score (nSPS) is 34.7. The molecule has 0 bridgehead atoms. The first-order valence-corrected chi connectivity index (χ1v) is 12.9. The summed E-state index contributed by atoms with van der Waals surface area (Å²) in [6.07, 6.45) is 4.23. The maximum absolute atomic E-state index is 11.8. The van der Waals surface area contributed by atoms with E-state index in [0.29, 0.717) is 18.6 Å². The van der Waals surface area contributed by atoms with Crippen molar-refractivity contribution in [3.05, 3.63) is 46.0 Å². The lowest BCUT2D eigenvalue weighted by atomic mass is 9.66. The van der Waals surface area contributed by atoms with Crippen LogP contribution in [0.25, 0.3) is 0 Å². The van der Waals surface area contributed by atoms with Crippen LogP contribution in [0.5, 0.6) is 0 Å². The van der Waals surface area contributed by atoms with Gasteiger partial charge in [-0.1, -0.05) is 39.7 Å². The summed E-state index contributed by atoms with van der Waals surface area (Å²) in [6.45, 7) is 6.25. The van der Waals surface area contributed by atoms with E-state index in [9.17, 15) is 10.2 Å². The largest absolute Gasteiger partial charge is 1.00 e. The monoisotopic (exact) mass is 578 g/mol. The molecule has 2 fully saturated rings. The average molecular weight is 580 g/mol. The molecule has 0 radical (unpaired) electrons. The molecule has 7 heteroatoms. The Morgan fingerprint density at radius 2 is 2.00 bits per heavy atom. The maximum Gasteiger partial charge on any atom is 0.134 e. The van der Waals surface area contributed by atoms with E-state index in [0.717, 1.165) is 23.1 Å². The molecule has 1 aromatic carbocycles. The summed E-state index contributed by atoms with van der Waals surface area (Å²) < 4.78 is 13.0. The molecule has 6 unspecified atom stereocenters. The summed E-state index contributed by atoms with van der Waals surface area (Å²) >= 11 is 4.69. The fourth-order valence-electron chi connectivity index (χ4n) is 4.88. The Bertz CT molecular complexity index is 740. The predicted molar refractivity (Wildman–Crippen MR) is 128 cm³/mol. The van der Waals surface area contributed by atoms with Crippen LogP contribution >= 0.6 is 15.9 Å². The van der Waals surface area contributed by atoms with E-state index >= 15 is 0 Å². The summed E-state index contributed by atoms with van der Waals surface area (Å²) in [4.78, 5) is 0. The van der Waals surface area contributed by atoms with Gasteiger partial charge in [-0.15, -0.1) is 0 Å². The quantitative estimate of drug-likeness (QED) is 0.150. The molecular formula is C24H36Br2O4S. The van der Waals surface area contributed by atoms with Crippen molar-refractivity contribution in [3.8, 4) is 0 Å². The molecule has 1 saturated heterocycles. The summed E-state index contributed by atoms with van der Waals surface area (Å²) in [5, 5.41) is 22.4. The highest BCUT2D eigenvalue weighted by molar-refractivity contribution is 9.10. The molecule has 0 aromatic heterocycles. The number of aliphatic hydroxyl groups excluding tert-OH is 1. The zero-order valence-electron chi connectivity index (χ0n) is 18.9. The van der Waals surface area contributed by atoms with Crippen molar-refractivity contribution in [2.75, 3.05) is 18.6 Å². The molecule has 0 amide bonds. The highest BCUT2D eigenvalue weighted by Gasteiger charge is 2.67. The van der Waals surface area contributed by atoms with Crippen molar-refractivity contribution in [3.63, 3.8) is 0 Å². The topological polar surface area (TPSA) is 62.2 Å². The molecule has 2 N–H and O–H groups in total. The minimum Gasteiger partial charge on any atom is -1.00 e. The van der Waals surface area contributed by atoms with Crippen molar-refractivity contribution in [1.29, 1.82) is 0 Å². The zero-order chi connectivity index (χ0) is 21.9. The van der Waals surface area contributed by atoms with E-state index in [1.54, 1.807) is 7.11 Å². The van der Waals surface area contributed by atoms with Crippen LogP contribution in [-0.4, -0.2) is 58.3 Å². The number of benzene rings is 1. The first kappa shape index (κ1) is 27.4. The molecule has 1 heterocycles. The van der Waals surface area contributed by atoms with Gasteiger partial charge in [0.15, 0.2) is 0 Å². The van der Waals surface area contributed by atoms with Crippen LogP contribution in [0.3, 0.4) is 0 Å². The molecule has 31 heavy (non-hydrogen) atoms. The van der Waals surface area contributed by atoms with Gasteiger partial charge >= 0.3 is 0 Å². The van der Waals surface area contributed by atoms with Gasteiger partial charge < -0.3 is 36.7 Å². The molecular weight excluding hydrogens is 544 g/mol. The number of aryl methyl sites for hydroxylation is 1. The van der Waals surface area contributed by atoms with E-state index in [1.807, 2.05) is 0 Å². The van der Waals surface area contributed by atoms with Crippen LogP contribution in [0.15, 0.2) is 40.4 Å². The van der Waals surface area contributed by atoms with Gasteiger partial charge in [-0.05, 0) is 69.5 Å². The predicted octanol–water partition coefficient (Wildman–Crippen LogP) is 0.841. The molecule has 3 rings (SSSR count). The number of hydrogen-bond donors (Lipinski definition) is 2. The molecule has 176 valence electrons. The molecule has 2 aliphatic rings. The van der Waals surface area contributed by atoms with Gasteiger partial charge in [-0.3, -0.25) is 0 Å². The van der Waals surface area contributed by atoms with Crippen LogP contribution in [0.4, 0.5) is 0 Å². The second-order valence-electron chi connectivity index (χ2n) is 9.18. The Morgan fingerprint density at radius 1 is 1.32 bits per heavy atom. The van der Waals surface area contributed by atoms with Crippen LogP contribution in [-0.2, 0) is 27.7 Å². The minimum atomic E-state index is -0.893. The van der Waals surface area contributed by atoms with Crippen LogP contribution in [0.2, 0.25) is 0 Å². The summed E-state index contributed by atoms with van der Waals surface area (Å²) in [6, 6.07) is 8.42. The number of epoxide rings is 1. The smallest absolute Gasteiger partial charge is 0.134 e. The molecule has 6 atom stereocenters. The Kier molecular flexibility index (Phi) is 10.1. The van der Waals surface area contributed by atoms with Crippen molar-refractivity contribution in [2.45, 2.75) is 76.0 Å². The van der Waals surface area contributed by atoms with Crippen LogP contribution < -0.4 is 17.0 Å². The minimum absolute atomic E-state index is 0. The fraction of sp³-hybridized carbons (Fsp3) is 0.667.